The molecule has 0 saturated heterocycles. The Morgan fingerprint density at radius 2 is 2.00 bits per heavy atom. The van der Waals surface area contributed by atoms with Gasteiger partial charge in [0.1, 0.15) is 11.8 Å². The first-order chi connectivity index (χ1) is 7.34. The number of hydrogen-bond donors (Lipinski definition) is 0. The largest absolute Gasteiger partial charge is 0.541 e. The van der Waals surface area contributed by atoms with Crippen molar-refractivity contribution >= 4 is 25.0 Å². The lowest BCUT2D eigenvalue weighted by molar-refractivity contribution is 0.519. The van der Waals surface area contributed by atoms with Crippen molar-refractivity contribution in [3.8, 4) is 11.8 Å². The minimum atomic E-state index is -0.969. The molecule has 16 heavy (non-hydrogen) atoms. The normalized spacial score (nSPS) is 11.3. The van der Waals surface area contributed by atoms with Crippen LogP contribution in [0.3, 0.4) is 0 Å². The Bertz CT molecular complexity index is 420. The van der Waals surface area contributed by atoms with Crippen LogP contribution in [0.2, 0.25) is 11.6 Å². The molecule has 0 atom stereocenters. The summed E-state index contributed by atoms with van der Waals surface area (Å²) in [6.45, 7) is 8.60. The van der Waals surface area contributed by atoms with Crippen molar-refractivity contribution < 1.29 is 4.43 Å². The monoisotopic (exact) mass is 296 g/mol. The summed E-state index contributed by atoms with van der Waals surface area (Å²) in [7, 11) is -0.969. The number of nitrogens with zero attached hydrogens (tertiary/aromatic N) is 1. The third-order valence-electron chi connectivity index (χ3n) is 2.38. The van der Waals surface area contributed by atoms with E-state index in [4.69, 9.17) is 9.69 Å². The van der Waals surface area contributed by atoms with Crippen LogP contribution < -0.4 is 4.43 Å². The van der Waals surface area contributed by atoms with Crippen molar-refractivity contribution in [2.45, 2.75) is 32.4 Å². The fraction of sp³-hybridized carbons (Fsp3) is 0.417. The summed E-state index contributed by atoms with van der Waals surface area (Å²) >= 11 is 3.34. The van der Waals surface area contributed by atoms with Gasteiger partial charge in [0.25, 0.3) is 9.04 Å². The molecule has 2 nitrogen and oxygen atoms in total. The smallest absolute Gasteiger partial charge is 0.283 e. The Labute approximate surface area is 107 Å². The van der Waals surface area contributed by atoms with Crippen LogP contribution >= 0.6 is 15.9 Å². The maximum atomic E-state index is 9.02. The summed E-state index contributed by atoms with van der Waals surface area (Å²) < 4.78 is 6.81. The summed E-state index contributed by atoms with van der Waals surface area (Å²) in [5.41, 5.74) is 0.586. The van der Waals surface area contributed by atoms with Gasteiger partial charge in [-0.25, -0.2) is 0 Å². The van der Waals surface area contributed by atoms with Gasteiger partial charge in [-0.15, -0.1) is 0 Å². The highest BCUT2D eigenvalue weighted by atomic mass is 79.9. The first-order valence-electron chi connectivity index (χ1n) is 5.06. The van der Waals surface area contributed by atoms with E-state index in [-0.39, 0.29) is 5.04 Å². The molecule has 4 heteroatoms. The molecule has 0 heterocycles. The molecule has 0 aromatic heterocycles. The molecule has 85 valence electrons. The van der Waals surface area contributed by atoms with Crippen LogP contribution in [-0.2, 0) is 0 Å². The summed E-state index contributed by atoms with van der Waals surface area (Å²) in [5, 5.41) is 9.18. The van der Waals surface area contributed by atoms with Crippen molar-refractivity contribution in [3.63, 3.8) is 0 Å². The fourth-order valence-electron chi connectivity index (χ4n) is 0.997. The minimum absolute atomic E-state index is 0.157. The van der Waals surface area contributed by atoms with Gasteiger partial charge in [0.05, 0.1) is 5.56 Å². The van der Waals surface area contributed by atoms with Crippen LogP contribution in [0.4, 0.5) is 0 Å². The molecular weight excluding hydrogens is 282 g/mol. The molecule has 0 N–H and O–H groups in total. The van der Waals surface area contributed by atoms with E-state index < -0.39 is 9.04 Å². The van der Waals surface area contributed by atoms with E-state index in [1.165, 1.54) is 0 Å². The predicted octanol–water partition coefficient (Wildman–Crippen LogP) is 4.12. The summed E-state index contributed by atoms with van der Waals surface area (Å²) in [4.78, 5) is 0. The summed E-state index contributed by atoms with van der Waals surface area (Å²) in [6, 6.07) is 7.69. The van der Waals surface area contributed by atoms with Crippen LogP contribution in [0.15, 0.2) is 22.7 Å². The first kappa shape index (κ1) is 13.3. The Balaban J connectivity index is 2.95. The Hall–Kier alpha value is -0.793. The number of hydrogen-bond acceptors (Lipinski definition) is 2. The van der Waals surface area contributed by atoms with Crippen LogP contribution in [0.5, 0.6) is 5.75 Å². The zero-order valence-electron chi connectivity index (χ0n) is 9.97. The average Bonchev–Trinajstić information content (AvgIpc) is 2.19. The SMILES string of the molecule is C[Si](Oc1ccc(Br)cc1C#N)C(C)(C)C. The topological polar surface area (TPSA) is 33.0 Å². The lowest BCUT2D eigenvalue weighted by Gasteiger charge is -2.25. The van der Waals surface area contributed by atoms with Crippen molar-refractivity contribution in [1.29, 1.82) is 5.26 Å². The molecule has 0 unspecified atom stereocenters. The molecule has 1 rings (SSSR count). The Morgan fingerprint density at radius 3 is 2.50 bits per heavy atom. The summed E-state index contributed by atoms with van der Waals surface area (Å²) in [6.07, 6.45) is 0. The molecule has 0 aliphatic carbocycles. The summed E-state index contributed by atoms with van der Waals surface area (Å²) in [5.74, 6) is 0.692. The lowest BCUT2D eigenvalue weighted by atomic mass is 10.2. The minimum Gasteiger partial charge on any atom is -0.541 e. The van der Waals surface area contributed by atoms with Crippen molar-refractivity contribution in [2.75, 3.05) is 0 Å². The van der Waals surface area contributed by atoms with E-state index in [9.17, 15) is 0 Å². The van der Waals surface area contributed by atoms with Crippen LogP contribution in [0.1, 0.15) is 26.3 Å². The van der Waals surface area contributed by atoms with E-state index in [2.05, 4.69) is 49.3 Å². The van der Waals surface area contributed by atoms with Gasteiger partial charge >= 0.3 is 0 Å². The molecule has 0 aliphatic rings. The third-order valence-corrected chi connectivity index (χ3v) is 5.51. The number of rotatable bonds is 2. The molecule has 0 amide bonds. The Morgan fingerprint density at radius 1 is 1.38 bits per heavy atom. The highest BCUT2D eigenvalue weighted by Crippen LogP contribution is 2.30. The quantitative estimate of drug-likeness (QED) is 0.769. The third kappa shape index (κ3) is 3.36. The molecular formula is C12H15BrNOSi. The molecule has 0 saturated carbocycles. The van der Waals surface area contributed by atoms with Gasteiger partial charge in [0.2, 0.25) is 0 Å². The van der Waals surface area contributed by atoms with Gasteiger partial charge in [-0.3, -0.25) is 0 Å². The molecule has 0 fully saturated rings. The van der Waals surface area contributed by atoms with E-state index in [0.29, 0.717) is 11.3 Å². The van der Waals surface area contributed by atoms with Crippen LogP contribution in [0.25, 0.3) is 0 Å². The molecule has 1 radical (unpaired) electrons. The predicted molar refractivity (Wildman–Crippen MR) is 70.8 cm³/mol. The van der Waals surface area contributed by atoms with E-state index in [1.807, 2.05) is 12.1 Å². The second-order valence-corrected chi connectivity index (χ2v) is 8.39. The molecule has 0 spiro atoms. The zero-order chi connectivity index (χ0) is 12.3. The van der Waals surface area contributed by atoms with Gasteiger partial charge in [0.15, 0.2) is 0 Å². The van der Waals surface area contributed by atoms with Crippen molar-refractivity contribution in [3.05, 3.63) is 28.2 Å². The first-order valence-corrected chi connectivity index (χ1v) is 7.76. The van der Waals surface area contributed by atoms with Crippen LogP contribution in [-0.4, -0.2) is 9.04 Å². The molecule has 0 bridgehead atoms. The second kappa shape index (κ2) is 5.02. The van der Waals surface area contributed by atoms with Crippen molar-refractivity contribution in [1.82, 2.24) is 0 Å². The molecule has 1 aromatic carbocycles. The lowest BCUT2D eigenvalue weighted by Crippen LogP contribution is -2.29. The van der Waals surface area contributed by atoms with Gasteiger partial charge in [-0.05, 0) is 29.8 Å². The van der Waals surface area contributed by atoms with Gasteiger partial charge in [-0.2, -0.15) is 5.26 Å². The van der Waals surface area contributed by atoms with E-state index >= 15 is 0 Å². The second-order valence-electron chi connectivity index (χ2n) is 4.66. The van der Waals surface area contributed by atoms with Gasteiger partial charge in [0, 0.05) is 4.47 Å². The van der Waals surface area contributed by atoms with E-state index in [1.54, 1.807) is 6.07 Å². The maximum Gasteiger partial charge on any atom is 0.283 e. The number of benzene rings is 1. The maximum absolute atomic E-state index is 9.02. The standard InChI is InChI=1S/C12H15BrNOSi/c1-12(2,3)16(4)15-11-6-5-10(13)7-9(11)8-14/h5-7H,1-4H3. The van der Waals surface area contributed by atoms with Crippen LogP contribution in [0, 0.1) is 11.3 Å². The zero-order valence-corrected chi connectivity index (χ0v) is 12.6. The number of nitriles is 1. The van der Waals surface area contributed by atoms with E-state index in [0.717, 1.165) is 4.47 Å². The fourth-order valence-corrected chi connectivity index (χ4v) is 2.17. The molecule has 1 aromatic rings. The number of halogens is 1. The highest BCUT2D eigenvalue weighted by Gasteiger charge is 2.26. The van der Waals surface area contributed by atoms with Gasteiger partial charge < -0.3 is 4.43 Å². The molecule has 0 aliphatic heterocycles. The average molecular weight is 297 g/mol. The Kier molecular flexibility index (Phi) is 4.17. The van der Waals surface area contributed by atoms with Gasteiger partial charge in [-0.1, -0.05) is 36.7 Å². The highest BCUT2D eigenvalue weighted by molar-refractivity contribution is 9.10. The van der Waals surface area contributed by atoms with Crippen molar-refractivity contribution in [2.24, 2.45) is 0 Å².